The van der Waals surface area contributed by atoms with E-state index in [-0.39, 0.29) is 17.9 Å². The highest BCUT2D eigenvalue weighted by molar-refractivity contribution is 6.31. The molecule has 2 fully saturated rings. The molecule has 1 atom stereocenters. The van der Waals surface area contributed by atoms with Gasteiger partial charge in [0, 0.05) is 42.8 Å². The Balaban J connectivity index is 1.36. The predicted octanol–water partition coefficient (Wildman–Crippen LogP) is 3.95. The number of aryl methyl sites for hydroxylation is 2. The first-order valence-corrected chi connectivity index (χ1v) is 11.3. The van der Waals surface area contributed by atoms with Gasteiger partial charge in [0.15, 0.2) is 0 Å². The zero-order valence-electron chi connectivity index (χ0n) is 18.1. The molecule has 0 unspecified atom stereocenters. The largest absolute Gasteiger partial charge is 0.328 e. The third-order valence-electron chi connectivity index (χ3n) is 6.28. The molecule has 2 aromatic rings. The number of benzene rings is 1. The minimum Gasteiger partial charge on any atom is -0.328 e. The Kier molecular flexibility index (Phi) is 6.58. The first kappa shape index (κ1) is 21.8. The summed E-state index contributed by atoms with van der Waals surface area (Å²) in [5.74, 6) is 0.490. The number of carbonyl (C=O) groups is 2. The number of hydrogen-bond acceptors (Lipinski definition) is 4. The van der Waals surface area contributed by atoms with Crippen LogP contribution in [0.25, 0.3) is 0 Å². The van der Waals surface area contributed by atoms with Crippen LogP contribution in [0.15, 0.2) is 36.4 Å². The fourth-order valence-electron chi connectivity index (χ4n) is 4.66. The molecule has 6 nitrogen and oxygen atoms in total. The summed E-state index contributed by atoms with van der Waals surface area (Å²) in [6, 6.07) is 11.4. The number of likely N-dealkylation sites (tertiary alicyclic amines) is 2. The minimum absolute atomic E-state index is 0.0872. The van der Waals surface area contributed by atoms with Crippen molar-refractivity contribution in [1.82, 2.24) is 14.8 Å². The van der Waals surface area contributed by atoms with E-state index in [2.05, 4.69) is 27.3 Å². The van der Waals surface area contributed by atoms with Crippen LogP contribution in [-0.2, 0) is 16.1 Å². The van der Waals surface area contributed by atoms with Gasteiger partial charge >= 0.3 is 0 Å². The number of rotatable bonds is 5. The number of carbonyl (C=O) groups excluding carboxylic acids is 2. The molecular formula is C24H29ClN4O2. The predicted molar refractivity (Wildman–Crippen MR) is 122 cm³/mol. The Morgan fingerprint density at radius 2 is 1.94 bits per heavy atom. The molecule has 0 aliphatic carbocycles. The van der Waals surface area contributed by atoms with E-state index in [9.17, 15) is 9.59 Å². The van der Waals surface area contributed by atoms with Crippen LogP contribution in [0.2, 0.25) is 5.02 Å². The SMILES string of the molecule is Cc1cccc(NC(=O)[C@H]2CCC(=O)N2C2CCN(Cc3ccc(Cl)c(C)c3)CC2)n1. The van der Waals surface area contributed by atoms with Crippen molar-refractivity contribution in [3.63, 3.8) is 0 Å². The number of amides is 2. The molecule has 4 rings (SSSR count). The van der Waals surface area contributed by atoms with E-state index in [1.165, 1.54) is 5.56 Å². The number of piperidine rings is 1. The van der Waals surface area contributed by atoms with Gasteiger partial charge in [0.05, 0.1) is 0 Å². The minimum atomic E-state index is -0.412. The topological polar surface area (TPSA) is 65.5 Å². The van der Waals surface area contributed by atoms with Crippen molar-refractivity contribution in [2.45, 2.75) is 58.2 Å². The van der Waals surface area contributed by atoms with Gasteiger partial charge in [-0.1, -0.05) is 29.8 Å². The Morgan fingerprint density at radius 1 is 1.16 bits per heavy atom. The van der Waals surface area contributed by atoms with Gasteiger partial charge in [-0.2, -0.15) is 0 Å². The number of anilines is 1. The van der Waals surface area contributed by atoms with Crippen LogP contribution in [0.1, 0.15) is 42.5 Å². The van der Waals surface area contributed by atoms with Crippen molar-refractivity contribution in [2.24, 2.45) is 0 Å². The Morgan fingerprint density at radius 3 is 2.65 bits per heavy atom. The lowest BCUT2D eigenvalue weighted by Gasteiger charge is -2.39. The Bertz CT molecular complexity index is 972. The van der Waals surface area contributed by atoms with Crippen LogP contribution in [0, 0.1) is 13.8 Å². The molecule has 2 aliphatic rings. The monoisotopic (exact) mass is 440 g/mol. The summed E-state index contributed by atoms with van der Waals surface area (Å²) in [6.45, 7) is 6.60. The number of nitrogens with one attached hydrogen (secondary N) is 1. The summed E-state index contributed by atoms with van der Waals surface area (Å²) in [5.41, 5.74) is 3.19. The quantitative estimate of drug-likeness (QED) is 0.764. The number of pyridine rings is 1. The second-order valence-electron chi connectivity index (χ2n) is 8.60. The van der Waals surface area contributed by atoms with E-state index >= 15 is 0 Å². The van der Waals surface area contributed by atoms with E-state index in [4.69, 9.17) is 11.6 Å². The third-order valence-corrected chi connectivity index (χ3v) is 6.70. The molecule has 0 spiro atoms. The highest BCUT2D eigenvalue weighted by atomic mass is 35.5. The van der Waals surface area contributed by atoms with Gasteiger partial charge < -0.3 is 10.2 Å². The van der Waals surface area contributed by atoms with Crippen molar-refractivity contribution in [1.29, 1.82) is 0 Å². The Hall–Kier alpha value is -2.44. The maximum absolute atomic E-state index is 12.9. The lowest BCUT2D eigenvalue weighted by atomic mass is 10.0. The van der Waals surface area contributed by atoms with Gasteiger partial charge in [0.25, 0.3) is 0 Å². The van der Waals surface area contributed by atoms with Crippen LogP contribution in [0.4, 0.5) is 5.82 Å². The maximum Gasteiger partial charge on any atom is 0.248 e. The highest BCUT2D eigenvalue weighted by Crippen LogP contribution is 2.28. The average Bonchev–Trinajstić information content (AvgIpc) is 3.13. The van der Waals surface area contributed by atoms with E-state index in [0.717, 1.165) is 48.8 Å². The molecule has 2 aliphatic heterocycles. The van der Waals surface area contributed by atoms with Gasteiger partial charge in [-0.15, -0.1) is 0 Å². The second-order valence-corrected chi connectivity index (χ2v) is 9.01. The second kappa shape index (κ2) is 9.37. The fraction of sp³-hybridized carbons (Fsp3) is 0.458. The maximum atomic E-state index is 12.9. The van der Waals surface area contributed by atoms with E-state index in [0.29, 0.717) is 18.7 Å². The molecular weight excluding hydrogens is 412 g/mol. The normalized spacial score (nSPS) is 20.3. The molecule has 1 aromatic carbocycles. The first-order chi connectivity index (χ1) is 14.9. The van der Waals surface area contributed by atoms with Crippen LogP contribution in [0.3, 0.4) is 0 Å². The molecule has 0 bridgehead atoms. The van der Waals surface area contributed by atoms with Crippen molar-refractivity contribution in [2.75, 3.05) is 18.4 Å². The van der Waals surface area contributed by atoms with E-state index in [1.54, 1.807) is 6.07 Å². The number of aromatic nitrogens is 1. The van der Waals surface area contributed by atoms with Gasteiger partial charge in [-0.05, 0) is 62.4 Å². The van der Waals surface area contributed by atoms with Crippen molar-refractivity contribution < 1.29 is 9.59 Å². The van der Waals surface area contributed by atoms with E-state index in [1.807, 2.05) is 36.9 Å². The summed E-state index contributed by atoms with van der Waals surface area (Å²) in [5, 5.41) is 3.69. The molecule has 164 valence electrons. The molecule has 1 aromatic heterocycles. The number of nitrogens with zero attached hydrogens (tertiary/aromatic N) is 3. The molecule has 2 saturated heterocycles. The van der Waals surface area contributed by atoms with Gasteiger partial charge in [-0.3, -0.25) is 14.5 Å². The summed E-state index contributed by atoms with van der Waals surface area (Å²) in [6.07, 6.45) is 2.76. The first-order valence-electron chi connectivity index (χ1n) is 10.9. The van der Waals surface area contributed by atoms with Crippen molar-refractivity contribution in [3.8, 4) is 0 Å². The third kappa shape index (κ3) is 5.08. The Labute approximate surface area is 188 Å². The van der Waals surface area contributed by atoms with Crippen LogP contribution >= 0.6 is 11.6 Å². The number of halogens is 1. The van der Waals surface area contributed by atoms with Gasteiger partial charge in [-0.25, -0.2) is 4.98 Å². The van der Waals surface area contributed by atoms with Crippen LogP contribution in [0.5, 0.6) is 0 Å². The molecule has 1 N–H and O–H groups in total. The summed E-state index contributed by atoms with van der Waals surface area (Å²) in [7, 11) is 0. The summed E-state index contributed by atoms with van der Waals surface area (Å²) < 4.78 is 0. The smallest absolute Gasteiger partial charge is 0.248 e. The molecule has 31 heavy (non-hydrogen) atoms. The zero-order chi connectivity index (χ0) is 22.0. The number of hydrogen-bond donors (Lipinski definition) is 1. The van der Waals surface area contributed by atoms with Gasteiger partial charge in [0.2, 0.25) is 11.8 Å². The molecule has 0 radical (unpaired) electrons. The fourth-order valence-corrected chi connectivity index (χ4v) is 4.78. The van der Waals surface area contributed by atoms with Crippen LogP contribution < -0.4 is 5.32 Å². The van der Waals surface area contributed by atoms with Gasteiger partial charge in [0.1, 0.15) is 11.9 Å². The summed E-state index contributed by atoms with van der Waals surface area (Å²) in [4.78, 5) is 34.2. The van der Waals surface area contributed by atoms with E-state index < -0.39 is 6.04 Å². The van der Waals surface area contributed by atoms with Crippen molar-refractivity contribution >= 4 is 29.2 Å². The standard InChI is InChI=1S/C24H29ClN4O2/c1-16-14-18(6-7-20(16)25)15-28-12-10-19(11-13-28)29-21(8-9-23(29)30)24(31)27-22-5-3-4-17(2)26-22/h3-7,14,19,21H,8-13,15H2,1-2H3,(H,26,27,31)/t21-/m1/s1. The lowest BCUT2D eigenvalue weighted by Crippen LogP contribution is -2.51. The molecule has 2 amide bonds. The van der Waals surface area contributed by atoms with Crippen LogP contribution in [-0.4, -0.2) is 51.8 Å². The lowest BCUT2D eigenvalue weighted by molar-refractivity contribution is -0.136. The highest BCUT2D eigenvalue weighted by Gasteiger charge is 2.41. The molecule has 0 saturated carbocycles. The molecule has 3 heterocycles. The molecule has 7 heteroatoms. The summed E-state index contributed by atoms with van der Waals surface area (Å²) >= 11 is 6.14. The zero-order valence-corrected chi connectivity index (χ0v) is 18.9. The van der Waals surface area contributed by atoms with Crippen molar-refractivity contribution in [3.05, 3.63) is 58.2 Å². The average molecular weight is 441 g/mol.